The molecular weight excluding hydrogens is 468 g/mol. The lowest BCUT2D eigenvalue weighted by molar-refractivity contribution is -0.384. The molecule has 0 atom stereocenters. The third-order valence-corrected chi connectivity index (χ3v) is 6.26. The Hall–Kier alpha value is -3.91. The highest BCUT2D eigenvalue weighted by molar-refractivity contribution is 6.31. The van der Waals surface area contributed by atoms with Crippen molar-refractivity contribution in [1.29, 1.82) is 0 Å². The first-order valence-electron chi connectivity index (χ1n) is 11.3. The summed E-state index contributed by atoms with van der Waals surface area (Å²) in [6, 6.07) is 17.8. The highest BCUT2D eigenvalue weighted by atomic mass is 35.5. The average Bonchev–Trinajstić information content (AvgIpc) is 2.84. The molecule has 0 unspecified atom stereocenters. The lowest BCUT2D eigenvalue weighted by Gasteiger charge is -2.31. The Morgan fingerprint density at radius 3 is 2.11 bits per heavy atom. The molecule has 1 heterocycles. The Morgan fingerprint density at radius 2 is 1.51 bits per heavy atom. The number of amides is 2. The van der Waals surface area contributed by atoms with Gasteiger partial charge in [-0.05, 0) is 67.3 Å². The van der Waals surface area contributed by atoms with E-state index in [0.29, 0.717) is 33.6 Å². The normalized spacial score (nSPS) is 13.8. The Morgan fingerprint density at radius 1 is 0.914 bits per heavy atom. The Kier molecular flexibility index (Phi) is 7.31. The number of nitro benzene ring substituents is 1. The van der Waals surface area contributed by atoms with Crippen molar-refractivity contribution in [3.8, 4) is 0 Å². The minimum atomic E-state index is -0.481. The van der Waals surface area contributed by atoms with Crippen LogP contribution in [0, 0.1) is 16.0 Å². The maximum atomic E-state index is 12.9. The fourth-order valence-corrected chi connectivity index (χ4v) is 4.23. The van der Waals surface area contributed by atoms with E-state index in [1.54, 1.807) is 60.7 Å². The van der Waals surface area contributed by atoms with Crippen LogP contribution in [0.15, 0.2) is 66.7 Å². The monoisotopic (exact) mass is 492 g/mol. The van der Waals surface area contributed by atoms with E-state index in [1.807, 2.05) is 4.90 Å². The molecule has 3 aromatic carbocycles. The second-order valence-electron chi connectivity index (χ2n) is 8.63. The fourth-order valence-electron chi connectivity index (χ4n) is 4.04. The molecule has 1 saturated heterocycles. The van der Waals surface area contributed by atoms with Gasteiger partial charge in [0.2, 0.25) is 0 Å². The average molecular weight is 493 g/mol. The van der Waals surface area contributed by atoms with Crippen molar-refractivity contribution in [1.82, 2.24) is 0 Å². The number of hydrogen-bond acceptors (Lipinski definition) is 5. The minimum absolute atomic E-state index is 0.0882. The van der Waals surface area contributed by atoms with Crippen LogP contribution in [0.2, 0.25) is 5.02 Å². The van der Waals surface area contributed by atoms with Gasteiger partial charge in [0.25, 0.3) is 17.5 Å². The van der Waals surface area contributed by atoms with Crippen LogP contribution in [0.1, 0.15) is 40.5 Å². The molecule has 0 radical (unpaired) electrons. The molecule has 1 aliphatic rings. The molecule has 0 bridgehead atoms. The largest absolute Gasteiger partial charge is 0.366 e. The van der Waals surface area contributed by atoms with E-state index < -0.39 is 10.8 Å². The van der Waals surface area contributed by atoms with Crippen LogP contribution in [0.3, 0.4) is 0 Å². The number of benzene rings is 3. The van der Waals surface area contributed by atoms with Crippen LogP contribution in [0.25, 0.3) is 0 Å². The predicted molar refractivity (Wildman–Crippen MR) is 138 cm³/mol. The number of piperidine rings is 1. The van der Waals surface area contributed by atoms with Gasteiger partial charge < -0.3 is 15.5 Å². The molecular formula is C26H25ClN4O4. The van der Waals surface area contributed by atoms with Crippen molar-refractivity contribution in [3.63, 3.8) is 0 Å². The van der Waals surface area contributed by atoms with Crippen molar-refractivity contribution in [2.45, 2.75) is 19.8 Å². The summed E-state index contributed by atoms with van der Waals surface area (Å²) in [7, 11) is 0. The first-order valence-corrected chi connectivity index (χ1v) is 11.7. The van der Waals surface area contributed by atoms with E-state index in [0.717, 1.165) is 25.9 Å². The van der Waals surface area contributed by atoms with Gasteiger partial charge in [-0.2, -0.15) is 0 Å². The quantitative estimate of drug-likeness (QED) is 0.325. The zero-order chi connectivity index (χ0) is 24.9. The van der Waals surface area contributed by atoms with Gasteiger partial charge in [0.15, 0.2) is 0 Å². The number of nitro groups is 1. The van der Waals surface area contributed by atoms with Gasteiger partial charge in [-0.1, -0.05) is 30.7 Å². The number of anilines is 3. The molecule has 9 heteroatoms. The van der Waals surface area contributed by atoms with E-state index in [-0.39, 0.29) is 17.2 Å². The van der Waals surface area contributed by atoms with Crippen LogP contribution < -0.4 is 15.5 Å². The van der Waals surface area contributed by atoms with Gasteiger partial charge in [-0.25, -0.2) is 0 Å². The molecule has 0 aromatic heterocycles. The fraction of sp³-hybridized carbons (Fsp3) is 0.231. The summed E-state index contributed by atoms with van der Waals surface area (Å²) in [6.45, 7) is 3.68. The van der Waals surface area contributed by atoms with E-state index in [9.17, 15) is 19.7 Å². The van der Waals surface area contributed by atoms with Gasteiger partial charge in [0.1, 0.15) is 5.69 Å². The first kappa shape index (κ1) is 24.2. The summed E-state index contributed by atoms with van der Waals surface area (Å²) in [5.41, 5.74) is 1.95. The standard InChI is InChI=1S/C26H25ClN4O4/c1-17-10-12-30(13-11-17)23-9-8-19(15-24(23)31(34)35)26(33)29-22-7-3-6-21(16-22)28-25(32)18-4-2-5-20(27)14-18/h2-9,14-17H,10-13H2,1H3,(H,28,32)(H,29,33). The van der Waals surface area contributed by atoms with Crippen LogP contribution in [0.5, 0.6) is 0 Å². The highest BCUT2D eigenvalue weighted by Crippen LogP contribution is 2.32. The first-order chi connectivity index (χ1) is 16.8. The van der Waals surface area contributed by atoms with Crippen molar-refractivity contribution in [2.24, 2.45) is 5.92 Å². The SMILES string of the molecule is CC1CCN(c2ccc(C(=O)Nc3cccc(NC(=O)c4cccc(Cl)c4)c3)cc2[N+](=O)[O-])CC1. The summed E-state index contributed by atoms with van der Waals surface area (Å²) in [5.74, 6) is -0.221. The second kappa shape index (κ2) is 10.6. The van der Waals surface area contributed by atoms with Crippen LogP contribution >= 0.6 is 11.6 Å². The van der Waals surface area contributed by atoms with E-state index >= 15 is 0 Å². The highest BCUT2D eigenvalue weighted by Gasteiger charge is 2.25. The maximum absolute atomic E-state index is 12.9. The van der Waals surface area contributed by atoms with Gasteiger partial charge in [-0.3, -0.25) is 19.7 Å². The number of carbonyl (C=O) groups is 2. The Labute approximate surface area is 208 Å². The molecule has 4 rings (SSSR count). The molecule has 0 saturated carbocycles. The molecule has 2 amide bonds. The number of hydrogen-bond donors (Lipinski definition) is 2. The van der Waals surface area contributed by atoms with Crippen LogP contribution in [-0.2, 0) is 0 Å². The van der Waals surface area contributed by atoms with E-state index in [1.165, 1.54) is 6.07 Å². The molecule has 35 heavy (non-hydrogen) atoms. The smallest absolute Gasteiger partial charge is 0.293 e. The molecule has 0 aliphatic carbocycles. The zero-order valence-electron chi connectivity index (χ0n) is 19.2. The number of nitrogens with one attached hydrogen (secondary N) is 2. The molecule has 3 aromatic rings. The van der Waals surface area contributed by atoms with Gasteiger partial charge in [-0.15, -0.1) is 0 Å². The molecule has 180 valence electrons. The summed E-state index contributed by atoms with van der Waals surface area (Å²) in [6.07, 6.45) is 1.95. The van der Waals surface area contributed by atoms with Crippen LogP contribution in [-0.4, -0.2) is 29.8 Å². The second-order valence-corrected chi connectivity index (χ2v) is 9.07. The van der Waals surface area contributed by atoms with Crippen LogP contribution in [0.4, 0.5) is 22.7 Å². The van der Waals surface area contributed by atoms with E-state index in [2.05, 4.69) is 17.6 Å². The number of halogens is 1. The Bertz CT molecular complexity index is 1270. The van der Waals surface area contributed by atoms with Crippen molar-refractivity contribution in [2.75, 3.05) is 28.6 Å². The molecule has 1 aliphatic heterocycles. The number of nitrogens with zero attached hydrogens (tertiary/aromatic N) is 2. The lowest BCUT2D eigenvalue weighted by atomic mass is 9.98. The maximum Gasteiger partial charge on any atom is 0.293 e. The molecule has 1 fully saturated rings. The predicted octanol–water partition coefficient (Wildman–Crippen LogP) is 5.99. The van der Waals surface area contributed by atoms with Gasteiger partial charge >= 0.3 is 0 Å². The number of carbonyl (C=O) groups excluding carboxylic acids is 2. The summed E-state index contributed by atoms with van der Waals surface area (Å²) < 4.78 is 0. The number of rotatable bonds is 6. The third-order valence-electron chi connectivity index (χ3n) is 6.02. The third kappa shape index (κ3) is 5.96. The topological polar surface area (TPSA) is 105 Å². The molecule has 0 spiro atoms. The zero-order valence-corrected chi connectivity index (χ0v) is 19.9. The molecule has 2 N–H and O–H groups in total. The van der Waals surface area contributed by atoms with Crippen molar-refractivity contribution >= 4 is 46.2 Å². The summed E-state index contributed by atoms with van der Waals surface area (Å²) in [5, 5.41) is 17.7. The molecule has 8 nitrogen and oxygen atoms in total. The van der Waals surface area contributed by atoms with Gasteiger partial charge in [0.05, 0.1) is 4.92 Å². The minimum Gasteiger partial charge on any atom is -0.366 e. The summed E-state index contributed by atoms with van der Waals surface area (Å²) in [4.78, 5) is 38.6. The Balaban J connectivity index is 1.48. The van der Waals surface area contributed by atoms with Crippen molar-refractivity contribution in [3.05, 3.63) is 93.0 Å². The van der Waals surface area contributed by atoms with E-state index in [4.69, 9.17) is 11.6 Å². The lowest BCUT2D eigenvalue weighted by Crippen LogP contribution is -2.33. The van der Waals surface area contributed by atoms with Crippen molar-refractivity contribution < 1.29 is 14.5 Å². The van der Waals surface area contributed by atoms with Gasteiger partial charge in [0, 0.05) is 46.7 Å². The summed E-state index contributed by atoms with van der Waals surface area (Å²) >= 11 is 5.95.